The normalized spacial score (nSPS) is 26.2. The van der Waals surface area contributed by atoms with Gasteiger partial charge in [0.15, 0.2) is 12.6 Å². The molecule has 2 rings (SSSR count). The highest BCUT2D eigenvalue weighted by molar-refractivity contribution is 5.69. The number of unbranched alkanes of at least 4 members (excludes halogenated alkanes) is 20. The predicted molar refractivity (Wildman–Crippen MR) is 266 cm³/mol. The zero-order valence-corrected chi connectivity index (χ0v) is 42.1. The molecule has 396 valence electrons. The zero-order chi connectivity index (χ0) is 49.5. The van der Waals surface area contributed by atoms with Gasteiger partial charge in [-0.25, -0.2) is 0 Å². The van der Waals surface area contributed by atoms with Crippen LogP contribution in [0.15, 0.2) is 48.6 Å². The maximum absolute atomic E-state index is 13.0. The Hall–Kier alpha value is -2.05. The third-order valence-electron chi connectivity index (χ3n) is 12.6. The number of esters is 1. The molecule has 0 spiro atoms. The molecule has 2 aliphatic heterocycles. The quantitative estimate of drug-likeness (QED) is 0.0174. The van der Waals surface area contributed by atoms with E-state index in [1.54, 1.807) is 0 Å². The SMILES string of the molecule is CCCCC/C=C\C/C=C\CCCCCCCCCCOCC(COC1OC(COC2OC(CO)C(O)C(O)C2O)C(O)C(O)C1O)OC(=O)CCCCCCC/C=C\C/C=C\CCCCCC. The summed E-state index contributed by atoms with van der Waals surface area (Å²) < 4.78 is 34.3. The van der Waals surface area contributed by atoms with Gasteiger partial charge in [0.1, 0.15) is 54.9 Å². The Bertz CT molecular complexity index is 1310. The first-order valence-corrected chi connectivity index (χ1v) is 26.7. The third kappa shape index (κ3) is 28.7. The first-order chi connectivity index (χ1) is 33.1. The summed E-state index contributed by atoms with van der Waals surface area (Å²) in [5.74, 6) is -0.392. The van der Waals surface area contributed by atoms with Gasteiger partial charge < -0.3 is 64.2 Å². The molecule has 2 aliphatic rings. The van der Waals surface area contributed by atoms with Gasteiger partial charge in [0.2, 0.25) is 0 Å². The molecule has 0 saturated carbocycles. The van der Waals surface area contributed by atoms with Gasteiger partial charge in [0.25, 0.3) is 0 Å². The Morgan fingerprint density at radius 2 is 0.912 bits per heavy atom. The summed E-state index contributed by atoms with van der Waals surface area (Å²) >= 11 is 0. The van der Waals surface area contributed by atoms with Gasteiger partial charge in [-0.15, -0.1) is 0 Å². The van der Waals surface area contributed by atoms with Crippen LogP contribution >= 0.6 is 0 Å². The van der Waals surface area contributed by atoms with Gasteiger partial charge in [-0.2, -0.15) is 0 Å². The van der Waals surface area contributed by atoms with Gasteiger partial charge in [-0.05, 0) is 77.0 Å². The summed E-state index contributed by atoms with van der Waals surface area (Å²) in [6.45, 7) is 3.61. The highest BCUT2D eigenvalue weighted by atomic mass is 16.7. The summed E-state index contributed by atoms with van der Waals surface area (Å²) in [4.78, 5) is 13.0. The first-order valence-electron chi connectivity index (χ1n) is 26.7. The molecule has 7 N–H and O–H groups in total. The highest BCUT2D eigenvalue weighted by Gasteiger charge is 2.47. The first kappa shape index (κ1) is 62.1. The van der Waals surface area contributed by atoms with Crippen LogP contribution in [0.2, 0.25) is 0 Å². The molecule has 0 aromatic rings. The number of carbonyl (C=O) groups excluding carboxylic acids is 1. The average molecular weight is 969 g/mol. The topological polar surface area (TPSA) is 214 Å². The standard InChI is InChI=1S/C54H96O14/c1-3-5-7-9-11-13-15-17-19-21-22-24-26-28-30-32-34-36-38-63-40-43(66-46(56)37-35-33-31-29-27-25-23-20-18-16-14-12-10-8-6-4-2)41-64-53-52(62)50(60)48(58)45(68-53)42-65-54-51(61)49(59)47(57)44(39-55)67-54/h11,13-14,16-17,19-20,23,43-45,47-55,57-62H,3-10,12,15,18,21-22,24-42H2,1-2H3/b13-11-,16-14-,19-17-,23-20-. The second kappa shape index (κ2) is 41.6. The van der Waals surface area contributed by atoms with Crippen molar-refractivity contribution in [2.75, 3.05) is 33.0 Å². The Morgan fingerprint density at radius 1 is 0.485 bits per heavy atom. The minimum absolute atomic E-state index is 0.0509. The summed E-state index contributed by atoms with van der Waals surface area (Å²) in [6.07, 6.45) is 31.6. The summed E-state index contributed by atoms with van der Waals surface area (Å²) in [7, 11) is 0. The van der Waals surface area contributed by atoms with Crippen molar-refractivity contribution in [1.29, 1.82) is 0 Å². The van der Waals surface area contributed by atoms with Crippen LogP contribution in [0.3, 0.4) is 0 Å². The molecule has 0 radical (unpaired) electrons. The largest absolute Gasteiger partial charge is 0.457 e. The lowest BCUT2D eigenvalue weighted by Crippen LogP contribution is -2.61. The molecule has 0 aromatic carbocycles. The number of aliphatic hydroxyl groups is 7. The van der Waals surface area contributed by atoms with E-state index in [1.165, 1.54) is 83.5 Å². The molecule has 14 nitrogen and oxygen atoms in total. The second-order valence-electron chi connectivity index (χ2n) is 18.7. The third-order valence-corrected chi connectivity index (χ3v) is 12.6. The number of allylic oxidation sites excluding steroid dienone is 8. The van der Waals surface area contributed by atoms with Crippen molar-refractivity contribution in [2.45, 2.75) is 255 Å². The lowest BCUT2D eigenvalue weighted by Gasteiger charge is -2.42. The fraction of sp³-hybridized carbons (Fsp3) is 0.833. The summed E-state index contributed by atoms with van der Waals surface area (Å²) in [5.41, 5.74) is 0. The summed E-state index contributed by atoms with van der Waals surface area (Å²) in [6, 6.07) is 0. The van der Waals surface area contributed by atoms with Gasteiger partial charge in [0.05, 0.1) is 26.4 Å². The second-order valence-corrected chi connectivity index (χ2v) is 18.7. The van der Waals surface area contributed by atoms with E-state index in [9.17, 15) is 40.5 Å². The molecule has 0 aliphatic carbocycles. The van der Waals surface area contributed by atoms with E-state index < -0.39 is 86.7 Å². The van der Waals surface area contributed by atoms with Gasteiger partial charge in [0, 0.05) is 13.0 Å². The number of aliphatic hydroxyl groups excluding tert-OH is 7. The van der Waals surface area contributed by atoms with E-state index >= 15 is 0 Å². The lowest BCUT2D eigenvalue weighted by atomic mass is 9.98. The van der Waals surface area contributed by atoms with Crippen LogP contribution in [0.25, 0.3) is 0 Å². The highest BCUT2D eigenvalue weighted by Crippen LogP contribution is 2.26. The van der Waals surface area contributed by atoms with Crippen molar-refractivity contribution in [1.82, 2.24) is 0 Å². The number of hydrogen-bond donors (Lipinski definition) is 7. The van der Waals surface area contributed by atoms with E-state index in [0.29, 0.717) is 13.0 Å². The Balaban J connectivity index is 1.77. The molecule has 14 heteroatoms. The maximum atomic E-state index is 13.0. The van der Waals surface area contributed by atoms with Crippen LogP contribution in [-0.2, 0) is 33.2 Å². The monoisotopic (exact) mass is 969 g/mol. The molecule has 11 atom stereocenters. The maximum Gasteiger partial charge on any atom is 0.306 e. The lowest BCUT2D eigenvalue weighted by molar-refractivity contribution is -0.332. The Morgan fingerprint density at radius 3 is 1.44 bits per heavy atom. The molecule has 68 heavy (non-hydrogen) atoms. The number of ether oxygens (including phenoxy) is 6. The molecule has 2 heterocycles. The minimum atomic E-state index is -1.71. The zero-order valence-electron chi connectivity index (χ0n) is 42.1. The van der Waals surface area contributed by atoms with E-state index in [-0.39, 0.29) is 19.6 Å². The fourth-order valence-corrected chi connectivity index (χ4v) is 8.17. The summed E-state index contributed by atoms with van der Waals surface area (Å²) in [5, 5.41) is 72.2. The van der Waals surface area contributed by atoms with Crippen LogP contribution in [0.4, 0.5) is 0 Å². The minimum Gasteiger partial charge on any atom is -0.457 e. The van der Waals surface area contributed by atoms with E-state index in [0.717, 1.165) is 77.0 Å². The van der Waals surface area contributed by atoms with Crippen molar-refractivity contribution in [3.8, 4) is 0 Å². The van der Waals surface area contributed by atoms with Crippen LogP contribution in [0, 0.1) is 0 Å². The fourth-order valence-electron chi connectivity index (χ4n) is 8.17. The van der Waals surface area contributed by atoms with Gasteiger partial charge in [-0.1, -0.05) is 152 Å². The van der Waals surface area contributed by atoms with Crippen LogP contribution in [0.5, 0.6) is 0 Å². The Kier molecular flexibility index (Phi) is 37.9. The molecule has 2 saturated heterocycles. The molecular weight excluding hydrogens is 873 g/mol. The molecule has 2 fully saturated rings. The van der Waals surface area contributed by atoms with Crippen molar-refractivity contribution in [2.24, 2.45) is 0 Å². The van der Waals surface area contributed by atoms with E-state index in [4.69, 9.17) is 28.4 Å². The van der Waals surface area contributed by atoms with Crippen molar-refractivity contribution >= 4 is 5.97 Å². The average Bonchev–Trinajstić information content (AvgIpc) is 3.33. The number of rotatable bonds is 42. The van der Waals surface area contributed by atoms with Gasteiger partial charge in [-0.3, -0.25) is 4.79 Å². The van der Waals surface area contributed by atoms with E-state index in [1.807, 2.05) is 0 Å². The van der Waals surface area contributed by atoms with E-state index in [2.05, 4.69) is 62.5 Å². The van der Waals surface area contributed by atoms with Crippen LogP contribution < -0.4 is 0 Å². The number of carbonyl (C=O) groups is 1. The molecule has 11 unspecified atom stereocenters. The Labute approximate surface area is 410 Å². The van der Waals surface area contributed by atoms with Crippen LogP contribution in [-0.4, -0.2) is 142 Å². The molecule has 0 aromatic heterocycles. The van der Waals surface area contributed by atoms with Crippen molar-refractivity contribution in [3.63, 3.8) is 0 Å². The smallest absolute Gasteiger partial charge is 0.306 e. The molecule has 0 bridgehead atoms. The van der Waals surface area contributed by atoms with Crippen LogP contribution in [0.1, 0.15) is 187 Å². The number of hydrogen-bond acceptors (Lipinski definition) is 14. The molecule has 0 amide bonds. The van der Waals surface area contributed by atoms with Crippen molar-refractivity contribution < 1.29 is 69.0 Å². The van der Waals surface area contributed by atoms with Crippen molar-refractivity contribution in [3.05, 3.63) is 48.6 Å². The molecular formula is C54H96O14. The predicted octanol–water partition coefficient (Wildman–Crippen LogP) is 8.35. The van der Waals surface area contributed by atoms with Gasteiger partial charge >= 0.3 is 5.97 Å².